The number of fused-ring (bicyclic) bond motifs is 3. The molecular weight excluding hydrogens is 718 g/mol. The van der Waals surface area contributed by atoms with Crippen LogP contribution in [0.2, 0.25) is 0 Å². The van der Waals surface area contributed by atoms with Crippen molar-refractivity contribution >= 4 is 18.1 Å². The summed E-state index contributed by atoms with van der Waals surface area (Å²) in [7, 11) is 5.48. The summed E-state index contributed by atoms with van der Waals surface area (Å²) in [6.45, 7) is 19.9. The van der Waals surface area contributed by atoms with Gasteiger partial charge in [0, 0.05) is 38.7 Å². The van der Waals surface area contributed by atoms with Gasteiger partial charge in [-0.05, 0) is 74.9 Å². The van der Waals surface area contributed by atoms with Crippen LogP contribution in [0.1, 0.15) is 108 Å². The Morgan fingerprint density at radius 2 is 1.60 bits per heavy atom. The Morgan fingerprint density at radius 1 is 0.927 bits per heavy atom. The molecule has 0 spiro atoms. The van der Waals surface area contributed by atoms with E-state index in [2.05, 4.69) is 0 Å². The molecule has 5 aliphatic heterocycles. The third-order valence-electron chi connectivity index (χ3n) is 13.1. The Labute approximate surface area is 326 Å². The zero-order chi connectivity index (χ0) is 41.0. The standard InChI is InChI=1S/C40H67NO14/c1-15-28-39(11)33(53-36(44)54-39)25(7)40(45)20(2)17-38(10,55-40)32(52-35-31(49-26(8)42)27(41(12)13)16-21(3)48-35)23(5)30(24(6)34(43)50-28)51-29-19-37(9,46-14)18-22(4)47-29/h20-25,27-33,35,45H,15-19H2,1-14H3/t20-,21-,22+,23+,24-,25+,27+,28+,29+,30+,31-,32-,33-,35+,37+,38-,39-,40-/m1/s1. The molecular formula is C40H67NO14. The van der Waals surface area contributed by atoms with Crippen molar-refractivity contribution in [1.29, 1.82) is 0 Å². The molecule has 0 aromatic rings. The highest BCUT2D eigenvalue weighted by molar-refractivity contribution is 5.73. The van der Waals surface area contributed by atoms with Gasteiger partial charge in [0.05, 0.1) is 53.5 Å². The smallest absolute Gasteiger partial charge is 0.458 e. The van der Waals surface area contributed by atoms with Crippen LogP contribution in [0, 0.1) is 23.7 Å². The highest BCUT2D eigenvalue weighted by atomic mass is 16.8. The largest absolute Gasteiger partial charge is 0.509 e. The molecule has 5 fully saturated rings. The molecule has 5 rings (SSSR count). The Morgan fingerprint density at radius 3 is 2.20 bits per heavy atom. The summed E-state index contributed by atoms with van der Waals surface area (Å²) in [4.78, 5) is 41.9. The molecule has 0 amide bonds. The fourth-order valence-electron chi connectivity index (χ4n) is 10.1. The van der Waals surface area contributed by atoms with Crippen LogP contribution in [-0.4, -0.2) is 133 Å². The monoisotopic (exact) mass is 785 g/mol. The van der Waals surface area contributed by atoms with E-state index in [1.54, 1.807) is 27.9 Å². The van der Waals surface area contributed by atoms with Crippen LogP contribution in [0.25, 0.3) is 0 Å². The van der Waals surface area contributed by atoms with Gasteiger partial charge in [-0.25, -0.2) is 4.79 Å². The zero-order valence-corrected chi connectivity index (χ0v) is 35.3. The van der Waals surface area contributed by atoms with Crippen LogP contribution in [0.15, 0.2) is 0 Å². The number of rotatable bonds is 8. The molecule has 5 saturated heterocycles. The van der Waals surface area contributed by atoms with Gasteiger partial charge in [0.25, 0.3) is 0 Å². The number of nitrogens with zero attached hydrogens (tertiary/aromatic N) is 1. The SMILES string of the molecule is CC[C@@H]1OC(=O)[C@H](C)[C@@H](O[C@H]2C[C@@](C)(OC)C[C@H](C)O2)[C@H](C)[C@@H](O[C@@H]2O[C@H](C)C[C@H](N(C)C)[C@H]2OC(C)=O)[C@@]2(C)C[C@@H](C)[C@@](O)(O2)[C@@H](C)[C@H]2OC(=O)O[C@]12C. The molecule has 15 nitrogen and oxygen atoms in total. The van der Waals surface area contributed by atoms with Crippen LogP contribution in [0.5, 0.6) is 0 Å². The lowest BCUT2D eigenvalue weighted by Crippen LogP contribution is -2.61. The first-order valence-electron chi connectivity index (χ1n) is 20.0. The summed E-state index contributed by atoms with van der Waals surface area (Å²) in [5.74, 6) is -5.88. The van der Waals surface area contributed by atoms with Crippen molar-refractivity contribution in [2.75, 3.05) is 21.2 Å². The first kappa shape index (κ1) is 44.0. The van der Waals surface area contributed by atoms with Crippen LogP contribution in [0.4, 0.5) is 4.79 Å². The molecule has 15 heteroatoms. The number of carbonyl (C=O) groups excluding carboxylic acids is 3. The number of hydrogen-bond donors (Lipinski definition) is 1. The van der Waals surface area contributed by atoms with E-state index >= 15 is 0 Å². The van der Waals surface area contributed by atoms with E-state index in [9.17, 15) is 19.5 Å². The summed E-state index contributed by atoms with van der Waals surface area (Å²) in [5, 5.41) is 12.7. The molecule has 55 heavy (non-hydrogen) atoms. The maximum Gasteiger partial charge on any atom is 0.509 e. The summed E-state index contributed by atoms with van der Waals surface area (Å²) >= 11 is 0. The minimum Gasteiger partial charge on any atom is -0.458 e. The van der Waals surface area contributed by atoms with E-state index in [0.29, 0.717) is 25.7 Å². The number of methoxy groups -OCH3 is 1. The van der Waals surface area contributed by atoms with Crippen molar-refractivity contribution in [2.45, 2.75) is 192 Å². The molecule has 316 valence electrons. The molecule has 0 aromatic carbocycles. The molecule has 5 aliphatic rings. The summed E-state index contributed by atoms with van der Waals surface area (Å²) < 4.78 is 63.4. The van der Waals surface area contributed by atoms with Crippen molar-refractivity contribution in [3.8, 4) is 0 Å². The van der Waals surface area contributed by atoms with Crippen LogP contribution in [-0.2, 0) is 57.0 Å². The fraction of sp³-hybridized carbons (Fsp3) is 0.925. The second-order valence-corrected chi connectivity index (χ2v) is 17.9. The molecule has 18 atom stereocenters. The highest BCUT2D eigenvalue weighted by Gasteiger charge is 2.67. The number of esters is 2. The van der Waals surface area contributed by atoms with E-state index in [1.807, 2.05) is 67.5 Å². The maximum atomic E-state index is 14.5. The Balaban J connectivity index is 1.66. The Hall–Kier alpha value is -2.11. The van der Waals surface area contributed by atoms with Gasteiger partial charge in [0.15, 0.2) is 36.2 Å². The normalized spacial score (nSPS) is 49.5. The molecule has 0 aliphatic carbocycles. The molecule has 0 saturated carbocycles. The van der Waals surface area contributed by atoms with Crippen molar-refractivity contribution in [1.82, 2.24) is 4.90 Å². The third-order valence-corrected chi connectivity index (χ3v) is 13.1. The average Bonchev–Trinajstić information content (AvgIpc) is 3.54. The lowest BCUT2D eigenvalue weighted by atomic mass is 9.75. The summed E-state index contributed by atoms with van der Waals surface area (Å²) in [5.41, 5.74) is -3.27. The van der Waals surface area contributed by atoms with Gasteiger partial charge in [0.2, 0.25) is 0 Å². The zero-order valence-electron chi connectivity index (χ0n) is 35.3. The van der Waals surface area contributed by atoms with E-state index in [4.69, 9.17) is 47.4 Å². The van der Waals surface area contributed by atoms with Gasteiger partial charge >= 0.3 is 18.1 Å². The molecule has 0 unspecified atom stereocenters. The predicted molar refractivity (Wildman–Crippen MR) is 196 cm³/mol. The molecule has 1 N–H and O–H groups in total. The molecule has 0 aromatic heterocycles. The number of aliphatic hydroxyl groups is 1. The number of likely N-dealkylation sites (N-methyl/N-ethyl adjacent to an activating group) is 1. The number of cyclic esters (lactones) is 1. The van der Waals surface area contributed by atoms with Gasteiger partial charge in [-0.3, -0.25) is 9.59 Å². The van der Waals surface area contributed by atoms with Crippen molar-refractivity contribution in [2.24, 2.45) is 23.7 Å². The van der Waals surface area contributed by atoms with E-state index in [1.165, 1.54) is 6.92 Å². The Bertz CT molecular complexity index is 1400. The first-order chi connectivity index (χ1) is 25.5. The highest BCUT2D eigenvalue weighted by Crippen LogP contribution is 2.53. The van der Waals surface area contributed by atoms with Crippen LogP contribution >= 0.6 is 0 Å². The fourth-order valence-corrected chi connectivity index (χ4v) is 10.1. The van der Waals surface area contributed by atoms with Crippen LogP contribution in [0.3, 0.4) is 0 Å². The van der Waals surface area contributed by atoms with Crippen molar-refractivity contribution in [3.05, 3.63) is 0 Å². The maximum absolute atomic E-state index is 14.5. The van der Waals surface area contributed by atoms with Crippen LogP contribution < -0.4 is 0 Å². The molecule has 0 radical (unpaired) electrons. The van der Waals surface area contributed by atoms with E-state index < -0.39 is 107 Å². The van der Waals surface area contributed by atoms with Crippen molar-refractivity contribution < 1.29 is 66.9 Å². The summed E-state index contributed by atoms with van der Waals surface area (Å²) in [6, 6.07) is -0.249. The third kappa shape index (κ3) is 8.55. The van der Waals surface area contributed by atoms with Gasteiger partial charge in [0.1, 0.15) is 6.10 Å². The second-order valence-electron chi connectivity index (χ2n) is 17.9. The van der Waals surface area contributed by atoms with Gasteiger partial charge in [-0.2, -0.15) is 0 Å². The molecule has 5 heterocycles. The van der Waals surface area contributed by atoms with Gasteiger partial charge in [-0.15, -0.1) is 0 Å². The van der Waals surface area contributed by atoms with Gasteiger partial charge < -0.3 is 57.4 Å². The van der Waals surface area contributed by atoms with E-state index in [0.717, 1.165) is 0 Å². The lowest BCUT2D eigenvalue weighted by Gasteiger charge is -2.48. The van der Waals surface area contributed by atoms with E-state index in [-0.39, 0.29) is 24.7 Å². The topological polar surface area (TPSA) is 167 Å². The average molecular weight is 786 g/mol. The minimum atomic E-state index is -1.86. The Kier molecular flexibility index (Phi) is 13.0. The van der Waals surface area contributed by atoms with Crippen molar-refractivity contribution in [3.63, 3.8) is 0 Å². The molecule has 2 bridgehead atoms. The lowest BCUT2D eigenvalue weighted by molar-refractivity contribution is -0.335. The predicted octanol–water partition coefficient (Wildman–Crippen LogP) is 4.73. The first-order valence-corrected chi connectivity index (χ1v) is 20.0. The quantitative estimate of drug-likeness (QED) is 0.265. The summed E-state index contributed by atoms with van der Waals surface area (Å²) in [6.07, 6.45) is -5.73. The number of carbonyl (C=O) groups is 3. The minimum absolute atomic E-state index is 0.209. The number of ether oxygens (including phenoxy) is 10. The second kappa shape index (κ2) is 16.3. The number of hydrogen-bond acceptors (Lipinski definition) is 15. The van der Waals surface area contributed by atoms with Gasteiger partial charge in [-0.1, -0.05) is 27.7 Å².